The van der Waals surface area contributed by atoms with Crippen LogP contribution in [-0.4, -0.2) is 68.0 Å². The summed E-state index contributed by atoms with van der Waals surface area (Å²) in [4.78, 5) is 4.89. The summed E-state index contributed by atoms with van der Waals surface area (Å²) in [6.07, 6.45) is 1.18. The van der Waals surface area contributed by atoms with Crippen molar-refractivity contribution in [1.82, 2.24) is 9.80 Å². The molecule has 1 aliphatic rings. The average Bonchev–Trinajstić information content (AvgIpc) is 2.57. The fourth-order valence-electron chi connectivity index (χ4n) is 3.51. The molecule has 1 aromatic rings. The fourth-order valence-corrected chi connectivity index (χ4v) is 3.51. The maximum absolute atomic E-state index is 10.0. The van der Waals surface area contributed by atoms with Crippen LogP contribution in [0, 0.1) is 0 Å². The Hall–Kier alpha value is -1.30. The maximum atomic E-state index is 10.0. The Kier molecular flexibility index (Phi) is 6.69. The van der Waals surface area contributed by atoms with Gasteiger partial charge in [-0.1, -0.05) is 6.92 Å². The van der Waals surface area contributed by atoms with E-state index in [9.17, 15) is 5.11 Å². The van der Waals surface area contributed by atoms with E-state index in [1.807, 2.05) is 18.2 Å². The second kappa shape index (κ2) is 8.52. The summed E-state index contributed by atoms with van der Waals surface area (Å²) < 4.78 is 10.8. The van der Waals surface area contributed by atoms with Crippen molar-refractivity contribution < 1.29 is 14.6 Å². The quantitative estimate of drug-likeness (QED) is 0.833. The molecule has 5 nitrogen and oxygen atoms in total. The maximum Gasteiger partial charge on any atom is 0.127 e. The van der Waals surface area contributed by atoms with Gasteiger partial charge in [-0.3, -0.25) is 4.90 Å². The highest BCUT2D eigenvalue weighted by Crippen LogP contribution is 2.34. The van der Waals surface area contributed by atoms with Crippen LogP contribution in [0.2, 0.25) is 0 Å². The van der Waals surface area contributed by atoms with Crippen LogP contribution in [-0.2, 0) is 0 Å². The van der Waals surface area contributed by atoms with Gasteiger partial charge in [0.15, 0.2) is 0 Å². The lowest BCUT2D eigenvalue weighted by molar-refractivity contribution is 0.0244. The number of rotatable bonds is 7. The molecule has 0 aliphatic carbocycles. The topological polar surface area (TPSA) is 45.2 Å². The Morgan fingerprint density at radius 3 is 2.61 bits per heavy atom. The van der Waals surface area contributed by atoms with Crippen LogP contribution in [0.5, 0.6) is 11.5 Å². The molecule has 5 heteroatoms. The number of nitrogens with zero attached hydrogens (tertiary/aromatic N) is 2. The first-order valence-corrected chi connectivity index (χ1v) is 8.45. The van der Waals surface area contributed by atoms with E-state index in [0.717, 1.165) is 43.2 Å². The Labute approximate surface area is 139 Å². The normalized spacial score (nSPS) is 21.2. The first-order valence-electron chi connectivity index (χ1n) is 8.45. The molecule has 0 aromatic heterocycles. The molecule has 0 bridgehead atoms. The molecule has 1 heterocycles. The van der Waals surface area contributed by atoms with Crippen molar-refractivity contribution in [2.24, 2.45) is 0 Å². The predicted octanol–water partition coefficient (Wildman–Crippen LogP) is 2.15. The van der Waals surface area contributed by atoms with Gasteiger partial charge in [0.25, 0.3) is 0 Å². The Balaban J connectivity index is 2.19. The van der Waals surface area contributed by atoms with Gasteiger partial charge in [0, 0.05) is 37.3 Å². The highest BCUT2D eigenvalue weighted by Gasteiger charge is 2.31. The van der Waals surface area contributed by atoms with Crippen molar-refractivity contribution in [3.63, 3.8) is 0 Å². The Morgan fingerprint density at radius 2 is 2.04 bits per heavy atom. The van der Waals surface area contributed by atoms with Crippen molar-refractivity contribution in [3.8, 4) is 11.5 Å². The second-order valence-corrected chi connectivity index (χ2v) is 6.19. The van der Waals surface area contributed by atoms with Crippen LogP contribution in [0.25, 0.3) is 0 Å². The summed E-state index contributed by atoms with van der Waals surface area (Å²) in [5, 5.41) is 10.0. The van der Waals surface area contributed by atoms with E-state index in [-0.39, 0.29) is 12.6 Å². The van der Waals surface area contributed by atoms with Crippen LogP contribution in [0.1, 0.15) is 31.9 Å². The molecule has 1 aliphatic heterocycles. The summed E-state index contributed by atoms with van der Waals surface area (Å²) in [5.41, 5.74) is 1.02. The number of hydrogen-bond donors (Lipinski definition) is 1. The van der Waals surface area contributed by atoms with Crippen LogP contribution in [0.4, 0.5) is 0 Å². The number of aliphatic hydroxyl groups excluding tert-OH is 1. The number of piperazine rings is 1. The summed E-state index contributed by atoms with van der Waals surface area (Å²) in [6, 6.07) is 6.17. The zero-order chi connectivity index (χ0) is 16.8. The van der Waals surface area contributed by atoms with E-state index in [1.54, 1.807) is 14.2 Å². The molecule has 2 atom stereocenters. The molecule has 2 rings (SSSR count). The average molecular weight is 322 g/mol. The number of methoxy groups -OCH3 is 2. The number of hydrogen-bond acceptors (Lipinski definition) is 5. The van der Waals surface area contributed by atoms with Gasteiger partial charge in [0.05, 0.1) is 26.9 Å². The van der Waals surface area contributed by atoms with Gasteiger partial charge in [0.1, 0.15) is 11.5 Å². The van der Waals surface area contributed by atoms with Gasteiger partial charge >= 0.3 is 0 Å². The SMILES string of the molecule is CCCN1CCN(C(CO)c2ccc(OC)cc2OC)C(C)C1. The van der Waals surface area contributed by atoms with E-state index in [0.29, 0.717) is 6.04 Å². The molecular formula is C18H30N2O3. The van der Waals surface area contributed by atoms with Gasteiger partial charge in [-0.05, 0) is 32.0 Å². The number of benzene rings is 1. The van der Waals surface area contributed by atoms with Crippen LogP contribution >= 0.6 is 0 Å². The molecule has 0 amide bonds. The molecule has 1 fully saturated rings. The zero-order valence-electron chi connectivity index (χ0n) is 14.8. The second-order valence-electron chi connectivity index (χ2n) is 6.19. The Morgan fingerprint density at radius 1 is 1.26 bits per heavy atom. The summed E-state index contributed by atoms with van der Waals surface area (Å²) in [5.74, 6) is 1.54. The molecule has 130 valence electrons. The van der Waals surface area contributed by atoms with E-state index >= 15 is 0 Å². The number of ether oxygens (including phenoxy) is 2. The van der Waals surface area contributed by atoms with E-state index in [1.165, 1.54) is 6.42 Å². The van der Waals surface area contributed by atoms with Crippen molar-refractivity contribution in [1.29, 1.82) is 0 Å². The standard InChI is InChI=1S/C18H30N2O3/c1-5-8-19-9-10-20(14(2)12-19)17(13-21)16-7-6-15(22-3)11-18(16)23-4/h6-7,11,14,17,21H,5,8-10,12-13H2,1-4H3. The van der Waals surface area contributed by atoms with Crippen LogP contribution in [0.15, 0.2) is 18.2 Å². The van der Waals surface area contributed by atoms with E-state index in [2.05, 4.69) is 23.6 Å². The third kappa shape index (κ3) is 4.16. The molecule has 2 unspecified atom stereocenters. The monoisotopic (exact) mass is 322 g/mol. The molecule has 1 aromatic carbocycles. The molecular weight excluding hydrogens is 292 g/mol. The smallest absolute Gasteiger partial charge is 0.127 e. The zero-order valence-corrected chi connectivity index (χ0v) is 14.8. The van der Waals surface area contributed by atoms with Crippen LogP contribution in [0.3, 0.4) is 0 Å². The van der Waals surface area contributed by atoms with Crippen molar-refractivity contribution in [2.45, 2.75) is 32.4 Å². The molecule has 23 heavy (non-hydrogen) atoms. The lowest BCUT2D eigenvalue weighted by Gasteiger charge is -2.43. The van der Waals surface area contributed by atoms with Gasteiger partial charge in [-0.25, -0.2) is 0 Å². The highest BCUT2D eigenvalue weighted by molar-refractivity contribution is 5.42. The Bertz CT molecular complexity index is 495. The number of aliphatic hydroxyl groups is 1. The van der Waals surface area contributed by atoms with Crippen LogP contribution < -0.4 is 9.47 Å². The first-order chi connectivity index (χ1) is 11.1. The van der Waals surface area contributed by atoms with Gasteiger partial charge in [0.2, 0.25) is 0 Å². The third-order valence-corrected chi connectivity index (χ3v) is 4.68. The van der Waals surface area contributed by atoms with Crippen molar-refractivity contribution >= 4 is 0 Å². The minimum atomic E-state index is -0.0466. The summed E-state index contributed by atoms with van der Waals surface area (Å²) in [6.45, 7) is 8.74. The van der Waals surface area contributed by atoms with E-state index < -0.39 is 0 Å². The minimum Gasteiger partial charge on any atom is -0.497 e. The molecule has 0 spiro atoms. The lowest BCUT2D eigenvalue weighted by Crippen LogP contribution is -2.53. The molecule has 0 saturated carbocycles. The summed E-state index contributed by atoms with van der Waals surface area (Å²) >= 11 is 0. The van der Waals surface area contributed by atoms with Crippen molar-refractivity contribution in [3.05, 3.63) is 23.8 Å². The van der Waals surface area contributed by atoms with Crippen molar-refractivity contribution in [2.75, 3.05) is 47.0 Å². The van der Waals surface area contributed by atoms with Gasteiger partial charge < -0.3 is 19.5 Å². The molecule has 1 N–H and O–H groups in total. The lowest BCUT2D eigenvalue weighted by atomic mass is 10.0. The fraction of sp³-hybridized carbons (Fsp3) is 0.667. The molecule has 1 saturated heterocycles. The van der Waals surface area contributed by atoms with Gasteiger partial charge in [-0.2, -0.15) is 0 Å². The van der Waals surface area contributed by atoms with E-state index in [4.69, 9.17) is 9.47 Å². The first kappa shape index (κ1) is 18.0. The van der Waals surface area contributed by atoms with Gasteiger partial charge in [-0.15, -0.1) is 0 Å². The summed E-state index contributed by atoms with van der Waals surface area (Å²) in [7, 11) is 3.31. The minimum absolute atomic E-state index is 0.0466. The molecule has 0 radical (unpaired) electrons. The largest absolute Gasteiger partial charge is 0.497 e. The highest BCUT2D eigenvalue weighted by atomic mass is 16.5. The predicted molar refractivity (Wildman–Crippen MR) is 92.3 cm³/mol. The third-order valence-electron chi connectivity index (χ3n) is 4.68.